The number of benzene rings is 7. The van der Waals surface area contributed by atoms with Gasteiger partial charge >= 0.3 is 0 Å². The highest BCUT2D eigenvalue weighted by molar-refractivity contribution is 6.22. The SMILES string of the molecule is O=c1c2c3ccccc3n(-c3ccccc3)c2c2cc3c4ccccc4n(-c4ccccc4)c3cc2n1-c1nc(-c2ccccc2)nc2ccccc12. The molecule has 0 aliphatic heterocycles. The van der Waals surface area contributed by atoms with Crippen molar-refractivity contribution in [3.8, 4) is 28.6 Å². The van der Waals surface area contributed by atoms with E-state index in [1.165, 1.54) is 0 Å². The van der Waals surface area contributed by atoms with Crippen molar-refractivity contribution in [2.45, 2.75) is 0 Å². The van der Waals surface area contributed by atoms with Gasteiger partial charge in [-0.3, -0.25) is 9.36 Å². The van der Waals surface area contributed by atoms with E-state index in [2.05, 4.69) is 94.1 Å². The molecule has 4 aromatic heterocycles. The van der Waals surface area contributed by atoms with E-state index in [4.69, 9.17) is 9.97 Å². The van der Waals surface area contributed by atoms with Crippen LogP contribution in [0, 0.1) is 0 Å². The van der Waals surface area contributed by atoms with Crippen molar-refractivity contribution in [2.75, 3.05) is 0 Å². The first kappa shape index (κ1) is 29.4. The Balaban J connectivity index is 1.41. The molecule has 6 heteroatoms. The van der Waals surface area contributed by atoms with Crippen molar-refractivity contribution in [3.63, 3.8) is 0 Å². The molecule has 0 bridgehead atoms. The van der Waals surface area contributed by atoms with Crippen LogP contribution in [0.1, 0.15) is 0 Å². The van der Waals surface area contributed by atoms with E-state index in [1.54, 1.807) is 0 Å². The summed E-state index contributed by atoms with van der Waals surface area (Å²) < 4.78 is 6.38. The van der Waals surface area contributed by atoms with Crippen LogP contribution in [0.3, 0.4) is 0 Å². The number of fused-ring (bicyclic) bond motifs is 9. The Morgan fingerprint density at radius 2 is 0.943 bits per heavy atom. The van der Waals surface area contributed by atoms with E-state index in [1.807, 2.05) is 95.6 Å². The van der Waals surface area contributed by atoms with Crippen LogP contribution in [0.5, 0.6) is 0 Å². The second kappa shape index (κ2) is 11.4. The van der Waals surface area contributed by atoms with Crippen molar-refractivity contribution in [2.24, 2.45) is 0 Å². The lowest BCUT2D eigenvalue weighted by atomic mass is 10.1. The zero-order valence-corrected chi connectivity index (χ0v) is 28.4. The van der Waals surface area contributed by atoms with E-state index >= 15 is 4.79 Å². The molecule has 0 unspecified atom stereocenters. The van der Waals surface area contributed by atoms with Crippen molar-refractivity contribution < 1.29 is 0 Å². The van der Waals surface area contributed by atoms with Gasteiger partial charge in [-0.2, -0.15) is 0 Å². The molecule has 0 atom stereocenters. The number of pyridine rings is 1. The van der Waals surface area contributed by atoms with Gasteiger partial charge in [0.05, 0.1) is 38.5 Å². The van der Waals surface area contributed by atoms with Crippen LogP contribution in [-0.4, -0.2) is 23.7 Å². The molecule has 11 aromatic rings. The predicted octanol–water partition coefficient (Wildman–Crippen LogP) is 10.8. The van der Waals surface area contributed by atoms with E-state index in [0.717, 1.165) is 77.0 Å². The summed E-state index contributed by atoms with van der Waals surface area (Å²) in [4.78, 5) is 25.9. The quantitative estimate of drug-likeness (QED) is 0.186. The molecule has 7 aromatic carbocycles. The summed E-state index contributed by atoms with van der Waals surface area (Å²) in [7, 11) is 0. The zero-order chi connectivity index (χ0) is 35.0. The van der Waals surface area contributed by atoms with Crippen LogP contribution in [-0.2, 0) is 0 Å². The Kier molecular flexibility index (Phi) is 6.30. The number of nitrogens with zero attached hydrogens (tertiary/aromatic N) is 5. The maximum atomic E-state index is 15.6. The van der Waals surface area contributed by atoms with Gasteiger partial charge in [-0.1, -0.05) is 115 Å². The van der Waals surface area contributed by atoms with Gasteiger partial charge in [0.1, 0.15) is 0 Å². The summed E-state index contributed by atoms with van der Waals surface area (Å²) in [5.74, 6) is 1.11. The van der Waals surface area contributed by atoms with E-state index in [0.29, 0.717) is 17.0 Å². The number of rotatable bonds is 4. The monoisotopic (exact) mass is 679 g/mol. The minimum Gasteiger partial charge on any atom is -0.309 e. The molecular weight excluding hydrogens is 651 g/mol. The highest BCUT2D eigenvalue weighted by Crippen LogP contribution is 2.40. The Morgan fingerprint density at radius 1 is 0.396 bits per heavy atom. The van der Waals surface area contributed by atoms with Crippen molar-refractivity contribution in [3.05, 3.63) is 186 Å². The number of para-hydroxylation sites is 5. The molecule has 0 saturated carbocycles. The van der Waals surface area contributed by atoms with Crippen LogP contribution in [0.25, 0.3) is 94.0 Å². The Hall–Kier alpha value is -7.31. The fourth-order valence-electron chi connectivity index (χ4n) is 8.17. The van der Waals surface area contributed by atoms with Crippen LogP contribution >= 0.6 is 0 Å². The molecule has 4 heterocycles. The third-order valence-electron chi connectivity index (χ3n) is 10.4. The minimum absolute atomic E-state index is 0.136. The molecule has 0 fully saturated rings. The molecule has 0 spiro atoms. The first-order valence-corrected chi connectivity index (χ1v) is 17.7. The highest BCUT2D eigenvalue weighted by atomic mass is 16.1. The molecular formula is C47H29N5O. The second-order valence-electron chi connectivity index (χ2n) is 13.4. The van der Waals surface area contributed by atoms with Gasteiger partial charge < -0.3 is 9.13 Å². The summed E-state index contributed by atoms with van der Waals surface area (Å²) in [6.45, 7) is 0. The smallest absolute Gasteiger partial charge is 0.266 e. The highest BCUT2D eigenvalue weighted by Gasteiger charge is 2.25. The van der Waals surface area contributed by atoms with Crippen LogP contribution in [0.4, 0.5) is 0 Å². The topological polar surface area (TPSA) is 57.6 Å². The zero-order valence-electron chi connectivity index (χ0n) is 28.4. The lowest BCUT2D eigenvalue weighted by Crippen LogP contribution is -2.21. The maximum Gasteiger partial charge on any atom is 0.266 e. The van der Waals surface area contributed by atoms with Crippen molar-refractivity contribution >= 4 is 65.4 Å². The normalized spacial score (nSPS) is 11.8. The molecule has 6 nitrogen and oxygen atoms in total. The van der Waals surface area contributed by atoms with E-state index in [9.17, 15) is 0 Å². The summed E-state index contributed by atoms with van der Waals surface area (Å²) in [5, 5.41) is 5.52. The summed E-state index contributed by atoms with van der Waals surface area (Å²) in [5.41, 5.74) is 8.24. The number of aromatic nitrogens is 5. The molecule has 248 valence electrons. The Labute approximate surface area is 303 Å². The fraction of sp³-hybridized carbons (Fsp3) is 0. The maximum absolute atomic E-state index is 15.6. The Bertz CT molecular complexity index is 3290. The first-order chi connectivity index (χ1) is 26.2. The van der Waals surface area contributed by atoms with Gasteiger partial charge in [-0.15, -0.1) is 0 Å². The largest absolute Gasteiger partial charge is 0.309 e. The van der Waals surface area contributed by atoms with Crippen LogP contribution in [0.15, 0.2) is 181 Å². The molecule has 0 radical (unpaired) electrons. The third-order valence-corrected chi connectivity index (χ3v) is 10.4. The van der Waals surface area contributed by atoms with Crippen molar-refractivity contribution in [1.82, 2.24) is 23.7 Å². The standard InChI is InChI=1S/C47H29N5O/c53-47-43-35-24-12-15-27-40(35)51(32-20-8-3-9-21-32)44(43)37-28-36-33-22-11-14-26-39(33)50(31-18-6-2-7-19-31)41(36)29-42(37)52(47)46-34-23-10-13-25-38(34)48-45(49-46)30-16-4-1-5-17-30/h1-29H. The molecule has 0 aliphatic carbocycles. The molecule has 53 heavy (non-hydrogen) atoms. The van der Waals surface area contributed by atoms with Gasteiger partial charge in [0.15, 0.2) is 11.6 Å². The molecule has 11 rings (SSSR count). The summed E-state index contributed by atoms with van der Waals surface area (Å²) in [6.07, 6.45) is 0. The first-order valence-electron chi connectivity index (χ1n) is 17.7. The molecule has 0 N–H and O–H groups in total. The molecule has 0 amide bonds. The lowest BCUT2D eigenvalue weighted by molar-refractivity contribution is 0.999. The van der Waals surface area contributed by atoms with Gasteiger partial charge in [0.25, 0.3) is 5.56 Å². The van der Waals surface area contributed by atoms with E-state index < -0.39 is 0 Å². The van der Waals surface area contributed by atoms with Gasteiger partial charge in [-0.25, -0.2) is 9.97 Å². The van der Waals surface area contributed by atoms with Crippen LogP contribution in [0.2, 0.25) is 0 Å². The second-order valence-corrected chi connectivity index (χ2v) is 13.4. The number of hydrogen-bond acceptors (Lipinski definition) is 3. The summed E-state index contributed by atoms with van der Waals surface area (Å²) in [6, 6.07) is 59.9. The van der Waals surface area contributed by atoms with Crippen molar-refractivity contribution in [1.29, 1.82) is 0 Å². The van der Waals surface area contributed by atoms with Gasteiger partial charge in [0.2, 0.25) is 0 Å². The third kappa shape index (κ3) is 4.30. The summed E-state index contributed by atoms with van der Waals surface area (Å²) >= 11 is 0. The minimum atomic E-state index is -0.136. The van der Waals surface area contributed by atoms with Gasteiger partial charge in [-0.05, 0) is 60.7 Å². The van der Waals surface area contributed by atoms with Gasteiger partial charge in [0, 0.05) is 43.9 Å². The fourth-order valence-corrected chi connectivity index (χ4v) is 8.17. The predicted molar refractivity (Wildman–Crippen MR) is 217 cm³/mol. The number of hydrogen-bond donors (Lipinski definition) is 0. The Morgan fingerprint density at radius 3 is 1.66 bits per heavy atom. The van der Waals surface area contributed by atoms with Crippen LogP contribution < -0.4 is 5.56 Å². The average Bonchev–Trinajstić information content (AvgIpc) is 3.74. The lowest BCUT2D eigenvalue weighted by Gasteiger charge is -2.17. The average molecular weight is 680 g/mol. The molecule has 0 saturated heterocycles. The van der Waals surface area contributed by atoms with E-state index in [-0.39, 0.29) is 5.56 Å². The molecule has 0 aliphatic rings.